The second-order valence-electron chi connectivity index (χ2n) is 6.82. The van der Waals surface area contributed by atoms with E-state index in [1.807, 2.05) is 0 Å². The monoisotopic (exact) mass is 287 g/mol. The lowest BCUT2D eigenvalue weighted by Gasteiger charge is -2.26. The molecule has 1 unspecified atom stereocenters. The first-order valence-corrected chi connectivity index (χ1v) is 8.74. The van der Waals surface area contributed by atoms with E-state index in [9.17, 15) is 0 Å². The SMILES string of the molecule is COc1ccc2c(c1)CC(NCCCC1CCCC1)CC2. The van der Waals surface area contributed by atoms with Crippen molar-refractivity contribution in [3.05, 3.63) is 29.3 Å². The van der Waals surface area contributed by atoms with Crippen LogP contribution in [0.2, 0.25) is 0 Å². The third-order valence-corrected chi connectivity index (χ3v) is 5.34. The molecule has 116 valence electrons. The molecule has 21 heavy (non-hydrogen) atoms. The molecule has 0 aromatic heterocycles. The van der Waals surface area contributed by atoms with Gasteiger partial charge in [0.1, 0.15) is 5.75 Å². The number of hydrogen-bond acceptors (Lipinski definition) is 2. The van der Waals surface area contributed by atoms with Gasteiger partial charge in [0.15, 0.2) is 0 Å². The normalized spacial score (nSPS) is 22.2. The van der Waals surface area contributed by atoms with Crippen molar-refractivity contribution < 1.29 is 4.74 Å². The minimum Gasteiger partial charge on any atom is -0.497 e. The van der Waals surface area contributed by atoms with E-state index < -0.39 is 0 Å². The van der Waals surface area contributed by atoms with Gasteiger partial charge in [-0.25, -0.2) is 0 Å². The predicted molar refractivity (Wildman–Crippen MR) is 88.0 cm³/mol. The first kappa shape index (κ1) is 14.9. The third-order valence-electron chi connectivity index (χ3n) is 5.34. The number of methoxy groups -OCH3 is 1. The molecule has 0 saturated heterocycles. The first-order valence-electron chi connectivity index (χ1n) is 8.74. The van der Waals surface area contributed by atoms with Crippen LogP contribution in [0.15, 0.2) is 18.2 Å². The van der Waals surface area contributed by atoms with Crippen LogP contribution in [0.3, 0.4) is 0 Å². The molecule has 2 nitrogen and oxygen atoms in total. The van der Waals surface area contributed by atoms with E-state index >= 15 is 0 Å². The molecule has 0 radical (unpaired) electrons. The minimum atomic E-state index is 0.660. The van der Waals surface area contributed by atoms with E-state index in [2.05, 4.69) is 23.5 Å². The Hall–Kier alpha value is -1.02. The lowest BCUT2D eigenvalue weighted by molar-refractivity contribution is 0.407. The molecule has 1 N–H and O–H groups in total. The van der Waals surface area contributed by atoms with Gasteiger partial charge < -0.3 is 10.1 Å². The summed E-state index contributed by atoms with van der Waals surface area (Å²) in [6.45, 7) is 1.19. The van der Waals surface area contributed by atoms with Crippen LogP contribution in [0.4, 0.5) is 0 Å². The zero-order chi connectivity index (χ0) is 14.5. The minimum absolute atomic E-state index is 0.660. The van der Waals surface area contributed by atoms with Gasteiger partial charge in [0.25, 0.3) is 0 Å². The fourth-order valence-corrected chi connectivity index (χ4v) is 4.03. The summed E-state index contributed by atoms with van der Waals surface area (Å²) >= 11 is 0. The Balaban J connectivity index is 1.42. The predicted octanol–water partition coefficient (Wildman–Crippen LogP) is 4.11. The van der Waals surface area contributed by atoms with E-state index in [0.717, 1.165) is 18.1 Å². The summed E-state index contributed by atoms with van der Waals surface area (Å²) in [5.41, 5.74) is 2.99. The van der Waals surface area contributed by atoms with E-state index in [1.54, 1.807) is 7.11 Å². The number of fused-ring (bicyclic) bond motifs is 1. The van der Waals surface area contributed by atoms with Crippen molar-refractivity contribution in [1.29, 1.82) is 0 Å². The topological polar surface area (TPSA) is 21.3 Å². The molecule has 0 bridgehead atoms. The fourth-order valence-electron chi connectivity index (χ4n) is 4.03. The first-order chi connectivity index (χ1) is 10.3. The van der Waals surface area contributed by atoms with E-state index in [1.165, 1.54) is 69.0 Å². The van der Waals surface area contributed by atoms with Crippen molar-refractivity contribution in [2.45, 2.75) is 63.8 Å². The highest BCUT2D eigenvalue weighted by Crippen LogP contribution is 2.28. The van der Waals surface area contributed by atoms with Crippen LogP contribution < -0.4 is 10.1 Å². The van der Waals surface area contributed by atoms with Crippen LogP contribution in [0.1, 0.15) is 56.1 Å². The zero-order valence-electron chi connectivity index (χ0n) is 13.4. The van der Waals surface area contributed by atoms with Gasteiger partial charge in [0, 0.05) is 6.04 Å². The molecule has 2 aliphatic rings. The van der Waals surface area contributed by atoms with Gasteiger partial charge in [-0.3, -0.25) is 0 Å². The van der Waals surface area contributed by atoms with E-state index in [4.69, 9.17) is 4.74 Å². The molecule has 3 rings (SSSR count). The Morgan fingerprint density at radius 3 is 2.81 bits per heavy atom. The number of benzene rings is 1. The summed E-state index contributed by atoms with van der Waals surface area (Å²) < 4.78 is 5.35. The molecule has 1 aromatic rings. The number of nitrogens with one attached hydrogen (secondary N) is 1. The van der Waals surface area contributed by atoms with Crippen molar-refractivity contribution in [1.82, 2.24) is 5.32 Å². The third kappa shape index (κ3) is 4.00. The molecule has 1 aromatic carbocycles. The summed E-state index contributed by atoms with van der Waals surface area (Å²) in [7, 11) is 1.75. The standard InChI is InChI=1S/C19H29NO/c1-21-19-11-9-16-8-10-18(13-17(16)14-19)20-12-4-7-15-5-2-3-6-15/h9,11,14-15,18,20H,2-8,10,12-13H2,1H3. The molecule has 0 spiro atoms. The summed E-state index contributed by atoms with van der Waals surface area (Å²) in [4.78, 5) is 0. The van der Waals surface area contributed by atoms with Crippen molar-refractivity contribution in [3.8, 4) is 5.75 Å². The molecule has 2 aliphatic carbocycles. The van der Waals surface area contributed by atoms with Crippen molar-refractivity contribution in [2.24, 2.45) is 5.92 Å². The van der Waals surface area contributed by atoms with Crippen molar-refractivity contribution >= 4 is 0 Å². The highest BCUT2D eigenvalue weighted by Gasteiger charge is 2.19. The van der Waals surface area contributed by atoms with Crippen LogP contribution in [0, 0.1) is 5.92 Å². The van der Waals surface area contributed by atoms with E-state index in [-0.39, 0.29) is 0 Å². The molecule has 0 heterocycles. The lowest BCUT2D eigenvalue weighted by atomic mass is 9.88. The van der Waals surface area contributed by atoms with Gasteiger partial charge in [-0.05, 0) is 67.8 Å². The Morgan fingerprint density at radius 1 is 1.14 bits per heavy atom. The Kier molecular flexibility index (Phi) is 5.18. The second-order valence-corrected chi connectivity index (χ2v) is 6.82. The van der Waals surface area contributed by atoms with Gasteiger partial charge in [-0.15, -0.1) is 0 Å². The summed E-state index contributed by atoms with van der Waals surface area (Å²) in [6, 6.07) is 7.22. The second kappa shape index (κ2) is 7.31. The highest BCUT2D eigenvalue weighted by atomic mass is 16.5. The number of aryl methyl sites for hydroxylation is 1. The van der Waals surface area contributed by atoms with Crippen LogP contribution in [-0.2, 0) is 12.8 Å². The molecule has 1 atom stereocenters. The fraction of sp³-hybridized carbons (Fsp3) is 0.684. The van der Waals surface area contributed by atoms with Gasteiger partial charge in [0.2, 0.25) is 0 Å². The maximum Gasteiger partial charge on any atom is 0.119 e. The molecular weight excluding hydrogens is 258 g/mol. The molecule has 0 aliphatic heterocycles. The Morgan fingerprint density at radius 2 is 2.00 bits per heavy atom. The smallest absolute Gasteiger partial charge is 0.119 e. The Labute approximate surface area is 129 Å². The summed E-state index contributed by atoms with van der Waals surface area (Å²) in [5, 5.41) is 3.78. The maximum atomic E-state index is 5.35. The average molecular weight is 287 g/mol. The quantitative estimate of drug-likeness (QED) is 0.795. The summed E-state index contributed by atoms with van der Waals surface area (Å²) in [6.07, 6.45) is 12.3. The largest absolute Gasteiger partial charge is 0.497 e. The zero-order valence-corrected chi connectivity index (χ0v) is 13.4. The lowest BCUT2D eigenvalue weighted by Crippen LogP contribution is -2.35. The van der Waals surface area contributed by atoms with Gasteiger partial charge in [-0.2, -0.15) is 0 Å². The van der Waals surface area contributed by atoms with Crippen molar-refractivity contribution in [2.75, 3.05) is 13.7 Å². The van der Waals surface area contributed by atoms with Crippen molar-refractivity contribution in [3.63, 3.8) is 0 Å². The summed E-state index contributed by atoms with van der Waals surface area (Å²) in [5.74, 6) is 2.03. The molecule has 2 heteroatoms. The van der Waals surface area contributed by atoms with Crippen LogP contribution in [-0.4, -0.2) is 19.7 Å². The maximum absolute atomic E-state index is 5.35. The average Bonchev–Trinajstić information content (AvgIpc) is 3.04. The number of ether oxygens (including phenoxy) is 1. The molecule has 1 fully saturated rings. The van der Waals surface area contributed by atoms with Crippen LogP contribution >= 0.6 is 0 Å². The molecule has 0 amide bonds. The molecular formula is C19H29NO. The van der Waals surface area contributed by atoms with Crippen LogP contribution in [0.5, 0.6) is 5.75 Å². The van der Waals surface area contributed by atoms with Gasteiger partial charge in [-0.1, -0.05) is 31.7 Å². The number of rotatable bonds is 6. The van der Waals surface area contributed by atoms with Crippen LogP contribution in [0.25, 0.3) is 0 Å². The highest BCUT2D eigenvalue weighted by molar-refractivity contribution is 5.37. The van der Waals surface area contributed by atoms with Gasteiger partial charge >= 0.3 is 0 Å². The van der Waals surface area contributed by atoms with E-state index in [0.29, 0.717) is 6.04 Å². The van der Waals surface area contributed by atoms with Gasteiger partial charge in [0.05, 0.1) is 7.11 Å². The molecule has 1 saturated carbocycles. The number of hydrogen-bond donors (Lipinski definition) is 1. The Bertz CT molecular complexity index is 451.